The Morgan fingerprint density at radius 2 is 1.56 bits per heavy atom. The zero-order valence-electron chi connectivity index (χ0n) is 28.3. The minimum Gasteiger partial charge on any atom is -0.490 e. The maximum atomic E-state index is 14.2. The Morgan fingerprint density at radius 3 is 2.24 bits per heavy atom. The lowest BCUT2D eigenvalue weighted by atomic mass is 9.95. The number of carbonyl (C=O) groups is 2. The number of hydrogen-bond acceptors (Lipinski definition) is 11. The van der Waals surface area contributed by atoms with Gasteiger partial charge in [-0.25, -0.2) is 19.0 Å². The Bertz CT molecular complexity index is 2090. The molecule has 262 valence electrons. The first-order chi connectivity index (χ1) is 24.2. The van der Waals surface area contributed by atoms with Gasteiger partial charge in [-0.1, -0.05) is 35.6 Å². The van der Waals surface area contributed by atoms with Crippen molar-refractivity contribution >= 4 is 29.4 Å². The molecular formula is C37H37FN2O9S. The third kappa shape index (κ3) is 8.05. The van der Waals surface area contributed by atoms with E-state index in [0.29, 0.717) is 62.4 Å². The van der Waals surface area contributed by atoms with Crippen LogP contribution in [0.1, 0.15) is 50.4 Å². The summed E-state index contributed by atoms with van der Waals surface area (Å²) in [5, 5.41) is 0. The summed E-state index contributed by atoms with van der Waals surface area (Å²) < 4.78 is 48.6. The van der Waals surface area contributed by atoms with Crippen LogP contribution in [0.4, 0.5) is 4.39 Å². The van der Waals surface area contributed by atoms with Crippen LogP contribution in [-0.2, 0) is 25.7 Å². The molecule has 1 atom stereocenters. The van der Waals surface area contributed by atoms with E-state index in [9.17, 15) is 18.8 Å². The first-order valence-electron chi connectivity index (χ1n) is 16.0. The van der Waals surface area contributed by atoms with E-state index in [4.69, 9.17) is 23.7 Å². The van der Waals surface area contributed by atoms with Crippen LogP contribution in [0.3, 0.4) is 0 Å². The Morgan fingerprint density at radius 1 is 0.880 bits per heavy atom. The number of thiazole rings is 1. The summed E-state index contributed by atoms with van der Waals surface area (Å²) in [7, 11) is 1.26. The van der Waals surface area contributed by atoms with Crippen LogP contribution in [0.25, 0.3) is 6.08 Å². The number of fused-ring (bicyclic) bond motifs is 1. The zero-order valence-corrected chi connectivity index (χ0v) is 29.1. The Hall–Kier alpha value is -5.43. The normalized spacial score (nSPS) is 14.0. The number of nitrogens with zero attached hydrogens (tertiary/aromatic N) is 2. The number of halogens is 1. The van der Waals surface area contributed by atoms with Crippen LogP contribution >= 0.6 is 11.3 Å². The molecule has 0 N–H and O–H groups in total. The predicted octanol–water partition coefficient (Wildman–Crippen LogP) is 4.87. The van der Waals surface area contributed by atoms with Crippen molar-refractivity contribution in [3.63, 3.8) is 0 Å². The van der Waals surface area contributed by atoms with Gasteiger partial charge in [-0.05, 0) is 86.9 Å². The predicted molar refractivity (Wildman–Crippen MR) is 184 cm³/mol. The molecule has 4 aromatic rings. The molecule has 11 nitrogen and oxygen atoms in total. The second kappa shape index (κ2) is 16.3. The number of ether oxygens (including phenoxy) is 6. The van der Waals surface area contributed by atoms with Gasteiger partial charge in [0.05, 0.1) is 48.8 Å². The molecular weight excluding hydrogens is 667 g/mol. The Labute approximate surface area is 291 Å². The van der Waals surface area contributed by atoms with Crippen molar-refractivity contribution < 1.29 is 42.4 Å². The van der Waals surface area contributed by atoms with Crippen molar-refractivity contribution in [2.45, 2.75) is 40.3 Å². The highest BCUT2D eigenvalue weighted by atomic mass is 32.1. The number of esters is 2. The molecule has 0 fully saturated rings. The van der Waals surface area contributed by atoms with E-state index in [-0.39, 0.29) is 36.8 Å². The van der Waals surface area contributed by atoms with Crippen LogP contribution in [0.5, 0.6) is 23.0 Å². The molecule has 5 rings (SSSR count). The van der Waals surface area contributed by atoms with Gasteiger partial charge in [0.15, 0.2) is 34.4 Å². The number of hydrogen-bond donors (Lipinski definition) is 0. The monoisotopic (exact) mass is 704 g/mol. The molecule has 0 spiro atoms. The van der Waals surface area contributed by atoms with Crippen LogP contribution in [0, 0.1) is 5.82 Å². The lowest BCUT2D eigenvalue weighted by Gasteiger charge is -2.25. The second-order valence-electron chi connectivity index (χ2n) is 10.9. The third-order valence-corrected chi connectivity index (χ3v) is 8.53. The molecule has 1 aliphatic heterocycles. The van der Waals surface area contributed by atoms with Gasteiger partial charge in [-0.2, -0.15) is 0 Å². The zero-order chi connectivity index (χ0) is 35.8. The molecule has 0 saturated carbocycles. The Kier molecular flexibility index (Phi) is 11.7. The van der Waals surface area contributed by atoms with Gasteiger partial charge in [-0.15, -0.1) is 0 Å². The molecule has 3 aromatic carbocycles. The van der Waals surface area contributed by atoms with Crippen molar-refractivity contribution in [1.82, 2.24) is 4.57 Å². The highest BCUT2D eigenvalue weighted by Crippen LogP contribution is 2.36. The molecule has 2 heterocycles. The van der Waals surface area contributed by atoms with E-state index in [1.807, 2.05) is 6.92 Å². The minimum absolute atomic E-state index is 0.128. The molecule has 0 amide bonds. The molecule has 0 saturated heterocycles. The van der Waals surface area contributed by atoms with Crippen LogP contribution < -0.4 is 33.8 Å². The van der Waals surface area contributed by atoms with Crippen molar-refractivity contribution in [1.29, 1.82) is 0 Å². The molecule has 50 heavy (non-hydrogen) atoms. The van der Waals surface area contributed by atoms with E-state index in [1.165, 1.54) is 35.1 Å². The minimum atomic E-state index is -0.900. The fraction of sp³-hybridized carbons (Fsp3) is 0.297. The van der Waals surface area contributed by atoms with Crippen LogP contribution in [0.2, 0.25) is 0 Å². The van der Waals surface area contributed by atoms with Crippen molar-refractivity contribution in [3.8, 4) is 23.0 Å². The average Bonchev–Trinajstić information content (AvgIpc) is 3.41. The van der Waals surface area contributed by atoms with E-state index in [1.54, 1.807) is 75.4 Å². The van der Waals surface area contributed by atoms with Gasteiger partial charge in [0, 0.05) is 0 Å². The number of aromatic nitrogens is 1. The van der Waals surface area contributed by atoms with Crippen molar-refractivity contribution in [2.75, 3.05) is 33.5 Å². The van der Waals surface area contributed by atoms with E-state index >= 15 is 0 Å². The lowest BCUT2D eigenvalue weighted by molar-refractivity contribution is -0.143. The first kappa shape index (κ1) is 35.9. The van der Waals surface area contributed by atoms with Gasteiger partial charge < -0.3 is 28.4 Å². The lowest BCUT2D eigenvalue weighted by Crippen LogP contribution is -2.40. The van der Waals surface area contributed by atoms with Crippen LogP contribution in [-0.4, -0.2) is 50.0 Å². The molecule has 0 aliphatic carbocycles. The maximum Gasteiger partial charge on any atom is 0.343 e. The smallest absolute Gasteiger partial charge is 0.343 e. The van der Waals surface area contributed by atoms with Gasteiger partial charge in [0.2, 0.25) is 0 Å². The average molecular weight is 705 g/mol. The van der Waals surface area contributed by atoms with Gasteiger partial charge in [-0.3, -0.25) is 9.36 Å². The summed E-state index contributed by atoms with van der Waals surface area (Å²) in [6.45, 7) is 7.74. The van der Waals surface area contributed by atoms with Gasteiger partial charge in [0.1, 0.15) is 12.4 Å². The number of allylic oxidation sites excluding steroid dienone is 1. The van der Waals surface area contributed by atoms with E-state index < -0.39 is 18.0 Å². The first-order valence-corrected chi connectivity index (χ1v) is 16.8. The molecule has 1 aliphatic rings. The molecule has 13 heteroatoms. The number of carbonyl (C=O) groups excluding carboxylic acids is 2. The number of rotatable bonds is 14. The molecule has 0 bridgehead atoms. The standard InChI is InChI=1S/C37H37FN2O9S/c1-6-45-29-17-24(11-15-27(29)48-20-23-9-13-26(38)14-10-23)18-31-35(42)40-34(33(36(43)47-8-3)22(4)39-37(40)50-31)25-12-16-28(30(19-25)46-7-2)49-21-32(41)44-5/h9-19,34H,6-8,20-21H2,1-5H3/b31-18-/t34-/m0/s1. The number of methoxy groups -OCH3 is 1. The summed E-state index contributed by atoms with van der Waals surface area (Å²) in [5.41, 5.74) is 2.26. The SMILES string of the molecule is CCOC(=O)C1=C(C)N=c2s/c(=C\c3ccc(OCc4ccc(F)cc4)c(OCC)c3)c(=O)n2[C@H]1c1ccc(OCC(=O)OC)c(OCC)c1. The highest BCUT2D eigenvalue weighted by molar-refractivity contribution is 7.07. The third-order valence-electron chi connectivity index (χ3n) is 7.55. The molecule has 0 unspecified atom stereocenters. The highest BCUT2D eigenvalue weighted by Gasteiger charge is 2.34. The van der Waals surface area contributed by atoms with E-state index in [0.717, 1.165) is 5.56 Å². The van der Waals surface area contributed by atoms with Gasteiger partial charge in [0.25, 0.3) is 5.56 Å². The van der Waals surface area contributed by atoms with Crippen molar-refractivity contribution in [3.05, 3.63) is 114 Å². The Balaban J connectivity index is 1.56. The summed E-state index contributed by atoms with van der Waals surface area (Å²) >= 11 is 1.18. The molecule has 0 radical (unpaired) electrons. The fourth-order valence-electron chi connectivity index (χ4n) is 5.28. The van der Waals surface area contributed by atoms with E-state index in [2.05, 4.69) is 9.73 Å². The summed E-state index contributed by atoms with van der Waals surface area (Å²) in [6, 6.07) is 15.5. The second-order valence-corrected chi connectivity index (χ2v) is 11.9. The summed E-state index contributed by atoms with van der Waals surface area (Å²) in [5.74, 6) is 0.0938. The largest absolute Gasteiger partial charge is 0.490 e. The van der Waals surface area contributed by atoms with Crippen LogP contribution in [0.15, 0.2) is 81.7 Å². The topological polar surface area (TPSA) is 124 Å². The quantitative estimate of drug-likeness (QED) is 0.169. The fourth-order valence-corrected chi connectivity index (χ4v) is 6.33. The number of benzene rings is 3. The molecule has 1 aromatic heterocycles. The van der Waals surface area contributed by atoms with Gasteiger partial charge >= 0.3 is 11.9 Å². The summed E-state index contributed by atoms with van der Waals surface area (Å²) in [4.78, 5) is 44.4. The summed E-state index contributed by atoms with van der Waals surface area (Å²) in [6.07, 6.45) is 1.73. The maximum absolute atomic E-state index is 14.2. The van der Waals surface area contributed by atoms with Crippen molar-refractivity contribution in [2.24, 2.45) is 4.99 Å².